The molecule has 8 nitrogen and oxygen atoms in total. The second-order valence-electron chi connectivity index (χ2n) is 8.59. The molecule has 8 heteroatoms. The van der Waals surface area contributed by atoms with E-state index in [0.29, 0.717) is 37.1 Å². The van der Waals surface area contributed by atoms with Gasteiger partial charge >= 0.3 is 6.09 Å². The Morgan fingerprint density at radius 3 is 2.41 bits per heavy atom. The molecular weight excluding hydrogens is 410 g/mol. The van der Waals surface area contributed by atoms with Crippen molar-refractivity contribution in [2.24, 2.45) is 5.41 Å². The molecule has 1 aromatic heterocycles. The van der Waals surface area contributed by atoms with Gasteiger partial charge in [-0.1, -0.05) is 51.1 Å². The Labute approximate surface area is 189 Å². The topological polar surface area (TPSA) is 101 Å². The van der Waals surface area contributed by atoms with Crippen LogP contribution in [0.3, 0.4) is 0 Å². The van der Waals surface area contributed by atoms with Crippen molar-refractivity contribution in [3.8, 4) is 5.88 Å². The first-order valence-corrected chi connectivity index (χ1v) is 10.7. The molecule has 2 N–H and O–H groups in total. The molecule has 2 amide bonds. The number of amides is 2. The van der Waals surface area contributed by atoms with Gasteiger partial charge in [0.05, 0.1) is 19.8 Å². The molecule has 1 heterocycles. The van der Waals surface area contributed by atoms with E-state index in [4.69, 9.17) is 14.6 Å². The molecule has 0 spiro atoms. The zero-order valence-electron chi connectivity index (χ0n) is 19.3. The third-order valence-electron chi connectivity index (χ3n) is 4.64. The third kappa shape index (κ3) is 8.55. The largest absolute Gasteiger partial charge is 0.478 e. The van der Waals surface area contributed by atoms with Crippen molar-refractivity contribution in [2.45, 2.75) is 46.8 Å². The van der Waals surface area contributed by atoms with Crippen molar-refractivity contribution in [3.05, 3.63) is 53.6 Å². The number of carboxylic acid groups (broad SMARTS) is 1. The van der Waals surface area contributed by atoms with Gasteiger partial charge in [0.25, 0.3) is 0 Å². The summed E-state index contributed by atoms with van der Waals surface area (Å²) in [4.78, 5) is 29.2. The lowest BCUT2D eigenvalue weighted by Gasteiger charge is -2.21. The summed E-state index contributed by atoms with van der Waals surface area (Å²) in [7, 11) is 1.46. The highest BCUT2D eigenvalue weighted by Gasteiger charge is 2.23. The highest BCUT2D eigenvalue weighted by molar-refractivity contribution is 5.94. The van der Waals surface area contributed by atoms with Crippen molar-refractivity contribution in [3.63, 3.8) is 0 Å². The number of ether oxygens (including phenoxy) is 2. The second-order valence-corrected chi connectivity index (χ2v) is 8.59. The van der Waals surface area contributed by atoms with Crippen LogP contribution in [-0.4, -0.2) is 47.3 Å². The Bertz CT molecular complexity index is 881. The van der Waals surface area contributed by atoms with Crippen LogP contribution >= 0.6 is 0 Å². The monoisotopic (exact) mass is 443 g/mol. The van der Waals surface area contributed by atoms with Crippen molar-refractivity contribution in [1.29, 1.82) is 0 Å². The number of anilines is 1. The lowest BCUT2D eigenvalue weighted by Crippen LogP contribution is -2.30. The molecule has 0 fully saturated rings. The van der Waals surface area contributed by atoms with Gasteiger partial charge in [-0.2, -0.15) is 4.98 Å². The summed E-state index contributed by atoms with van der Waals surface area (Å²) in [6.07, 6.45) is 0.582. The van der Waals surface area contributed by atoms with Gasteiger partial charge in [0.15, 0.2) is 0 Å². The summed E-state index contributed by atoms with van der Waals surface area (Å²) in [5.41, 5.74) is 1.12. The number of pyridine rings is 1. The number of rotatable bonds is 11. The molecule has 0 unspecified atom stereocenters. The minimum absolute atomic E-state index is 0.0983. The molecule has 0 aliphatic rings. The number of unbranched alkanes of at least 4 members (excludes halogenated alkanes) is 1. The first-order valence-electron chi connectivity index (χ1n) is 10.7. The Balaban J connectivity index is 1.88. The van der Waals surface area contributed by atoms with E-state index >= 15 is 0 Å². The maximum atomic E-state index is 12.4. The Kier molecular flexibility index (Phi) is 9.46. The summed E-state index contributed by atoms with van der Waals surface area (Å²) in [6, 6.07) is 13.4. The first kappa shape index (κ1) is 25.1. The fourth-order valence-electron chi connectivity index (χ4n) is 2.65. The van der Waals surface area contributed by atoms with Crippen molar-refractivity contribution in [2.75, 3.05) is 25.6 Å². The van der Waals surface area contributed by atoms with Gasteiger partial charge in [0.2, 0.25) is 11.8 Å². The molecular formula is C24H33N3O5. The van der Waals surface area contributed by atoms with E-state index in [-0.39, 0.29) is 12.5 Å². The van der Waals surface area contributed by atoms with E-state index in [1.807, 2.05) is 30.3 Å². The van der Waals surface area contributed by atoms with E-state index in [0.717, 1.165) is 23.3 Å². The van der Waals surface area contributed by atoms with Crippen LogP contribution in [0, 0.1) is 5.41 Å². The van der Waals surface area contributed by atoms with Crippen LogP contribution in [0.5, 0.6) is 5.88 Å². The summed E-state index contributed by atoms with van der Waals surface area (Å²) >= 11 is 0. The third-order valence-corrected chi connectivity index (χ3v) is 4.64. The van der Waals surface area contributed by atoms with Crippen molar-refractivity contribution >= 4 is 17.8 Å². The number of nitrogens with zero attached hydrogens (tertiary/aromatic N) is 2. The fraction of sp³-hybridized carbons (Fsp3) is 0.458. The number of aromatic nitrogens is 1. The van der Waals surface area contributed by atoms with Crippen molar-refractivity contribution in [1.82, 2.24) is 9.88 Å². The van der Waals surface area contributed by atoms with Gasteiger partial charge in [0.1, 0.15) is 5.82 Å². The van der Waals surface area contributed by atoms with Crippen LogP contribution < -0.4 is 10.1 Å². The first-order chi connectivity index (χ1) is 15.2. The Morgan fingerprint density at radius 2 is 1.75 bits per heavy atom. The predicted molar refractivity (Wildman–Crippen MR) is 123 cm³/mol. The van der Waals surface area contributed by atoms with Gasteiger partial charge < -0.3 is 24.8 Å². The number of benzene rings is 1. The minimum Gasteiger partial charge on any atom is -0.478 e. The molecule has 0 aliphatic heterocycles. The molecule has 0 atom stereocenters. The lowest BCUT2D eigenvalue weighted by atomic mass is 9.95. The molecule has 2 aromatic rings. The summed E-state index contributed by atoms with van der Waals surface area (Å²) < 4.78 is 11.4. The van der Waals surface area contributed by atoms with Gasteiger partial charge in [-0.15, -0.1) is 0 Å². The maximum absolute atomic E-state index is 12.4. The number of carbonyl (C=O) groups excluding carboxylic acids is 1. The van der Waals surface area contributed by atoms with E-state index in [1.54, 1.807) is 32.9 Å². The van der Waals surface area contributed by atoms with E-state index in [9.17, 15) is 9.59 Å². The highest BCUT2D eigenvalue weighted by Crippen LogP contribution is 2.23. The van der Waals surface area contributed by atoms with Crippen LogP contribution in [0.25, 0.3) is 0 Å². The molecule has 0 radical (unpaired) electrons. The molecule has 0 saturated carbocycles. The standard InChI is InChI=1S/C24H33N3O5/c1-24(2,3)22(28)26-21-19(16-27(4)23(29)30)12-13-20(25-21)32-15-9-8-14-31-17-18-10-6-5-7-11-18/h5-7,10-13H,8-9,14-17H2,1-4H3,(H,29,30)(H,25,26,28). The minimum atomic E-state index is -1.06. The Hall–Kier alpha value is -3.13. The van der Waals surface area contributed by atoms with Crippen LogP contribution in [-0.2, 0) is 22.7 Å². The smallest absolute Gasteiger partial charge is 0.407 e. The van der Waals surface area contributed by atoms with Gasteiger partial charge in [-0.3, -0.25) is 4.79 Å². The number of hydrogen-bond donors (Lipinski definition) is 2. The predicted octanol–water partition coefficient (Wildman–Crippen LogP) is 4.55. The number of carbonyl (C=O) groups is 2. The normalized spacial score (nSPS) is 11.1. The fourth-order valence-corrected chi connectivity index (χ4v) is 2.65. The van der Waals surface area contributed by atoms with Crippen LogP contribution in [0.2, 0.25) is 0 Å². The van der Waals surface area contributed by atoms with Crippen LogP contribution in [0.15, 0.2) is 42.5 Å². The number of hydrogen-bond acceptors (Lipinski definition) is 5. The molecule has 0 aliphatic carbocycles. The van der Waals surface area contributed by atoms with E-state index in [1.165, 1.54) is 7.05 Å². The van der Waals surface area contributed by atoms with E-state index < -0.39 is 11.5 Å². The molecule has 1 aromatic carbocycles. The van der Waals surface area contributed by atoms with E-state index in [2.05, 4.69) is 10.3 Å². The molecule has 0 bridgehead atoms. The SMILES string of the molecule is CN(Cc1ccc(OCCCCOCc2ccccc2)nc1NC(=O)C(C)(C)C)C(=O)O. The van der Waals surface area contributed by atoms with Gasteiger partial charge in [-0.25, -0.2) is 4.79 Å². The maximum Gasteiger partial charge on any atom is 0.407 e. The second kappa shape index (κ2) is 12.0. The quantitative estimate of drug-likeness (QED) is 0.494. The van der Waals surface area contributed by atoms with Crippen molar-refractivity contribution < 1.29 is 24.2 Å². The zero-order chi connectivity index (χ0) is 23.6. The zero-order valence-corrected chi connectivity index (χ0v) is 19.3. The highest BCUT2D eigenvalue weighted by atomic mass is 16.5. The van der Waals surface area contributed by atoms with Crippen LogP contribution in [0.4, 0.5) is 10.6 Å². The molecule has 174 valence electrons. The number of nitrogens with one attached hydrogen (secondary N) is 1. The van der Waals surface area contributed by atoms with Gasteiger partial charge in [0, 0.05) is 30.7 Å². The molecule has 32 heavy (non-hydrogen) atoms. The molecule has 0 saturated heterocycles. The van der Waals surface area contributed by atoms with Gasteiger partial charge in [-0.05, 0) is 24.5 Å². The lowest BCUT2D eigenvalue weighted by molar-refractivity contribution is -0.123. The summed E-state index contributed by atoms with van der Waals surface area (Å²) in [5, 5.41) is 12.0. The average molecular weight is 444 g/mol. The Morgan fingerprint density at radius 1 is 1.06 bits per heavy atom. The summed E-state index contributed by atoms with van der Waals surface area (Å²) in [6.45, 7) is 7.18. The molecule has 2 rings (SSSR count). The summed E-state index contributed by atoms with van der Waals surface area (Å²) in [5.74, 6) is 0.472. The van der Waals surface area contributed by atoms with Crippen LogP contribution in [0.1, 0.15) is 44.7 Å². The average Bonchev–Trinajstić information content (AvgIpc) is 2.74.